The first kappa shape index (κ1) is 20.1. The predicted octanol–water partition coefficient (Wildman–Crippen LogP) is 4.22. The first-order chi connectivity index (χ1) is 13.9. The number of carbonyl (C=O) groups excluding carboxylic acids is 1. The van der Waals surface area contributed by atoms with E-state index in [9.17, 15) is 9.59 Å². The lowest BCUT2D eigenvalue weighted by atomic mass is 9.98. The van der Waals surface area contributed by atoms with Gasteiger partial charge in [-0.2, -0.15) is 0 Å². The number of pyridine rings is 1. The molecule has 0 aliphatic carbocycles. The monoisotopic (exact) mass is 391 g/mol. The molecule has 0 aliphatic rings. The van der Waals surface area contributed by atoms with Crippen LogP contribution in [0.2, 0.25) is 0 Å². The smallest absolute Gasteiger partial charge is 0.341 e. The van der Waals surface area contributed by atoms with Gasteiger partial charge in [0.15, 0.2) is 23.9 Å². The molecule has 0 amide bonds. The quantitative estimate of drug-likeness (QED) is 0.479. The zero-order valence-corrected chi connectivity index (χ0v) is 16.4. The Morgan fingerprint density at radius 3 is 2.59 bits per heavy atom. The normalized spacial score (nSPS) is 11.0. The molecule has 0 unspecified atom stereocenters. The third kappa shape index (κ3) is 4.43. The summed E-state index contributed by atoms with van der Waals surface area (Å²) in [6.07, 6.45) is 3.18. The number of allylic oxidation sites excluding steroid dienone is 1. The van der Waals surface area contributed by atoms with Crippen LogP contribution in [-0.2, 0) is 4.79 Å². The topological polar surface area (TPSA) is 85.7 Å². The van der Waals surface area contributed by atoms with Crippen LogP contribution in [0, 0.1) is 13.8 Å². The van der Waals surface area contributed by atoms with E-state index < -0.39 is 12.6 Å². The fraction of sp³-hybridized carbons (Fsp3) is 0.174. The number of hydrogen-bond donors (Lipinski definition) is 1. The Balaban J connectivity index is 1.87. The molecule has 0 bridgehead atoms. The molecule has 3 rings (SSSR count). The van der Waals surface area contributed by atoms with Crippen LogP contribution in [0.5, 0.6) is 11.5 Å². The molecule has 0 spiro atoms. The fourth-order valence-electron chi connectivity index (χ4n) is 3.20. The van der Waals surface area contributed by atoms with Crippen molar-refractivity contribution < 1.29 is 24.2 Å². The summed E-state index contributed by atoms with van der Waals surface area (Å²) in [5.74, 6) is -0.496. The zero-order valence-electron chi connectivity index (χ0n) is 16.4. The number of fused-ring (bicyclic) bond motifs is 1. The maximum atomic E-state index is 12.9. The van der Waals surface area contributed by atoms with Gasteiger partial charge in [0.1, 0.15) is 0 Å². The van der Waals surface area contributed by atoms with Crippen LogP contribution in [0.15, 0.2) is 48.5 Å². The number of benzene rings is 2. The first-order valence-electron chi connectivity index (χ1n) is 9.01. The molecule has 0 fully saturated rings. The average molecular weight is 391 g/mol. The molecule has 29 heavy (non-hydrogen) atoms. The molecule has 0 saturated heterocycles. The number of carboxylic acids is 1. The number of carbonyl (C=O) groups is 2. The van der Waals surface area contributed by atoms with E-state index in [1.807, 2.05) is 38.1 Å². The van der Waals surface area contributed by atoms with Gasteiger partial charge in [0, 0.05) is 16.6 Å². The zero-order chi connectivity index (χ0) is 21.0. The highest BCUT2D eigenvalue weighted by atomic mass is 16.5. The average Bonchev–Trinajstić information content (AvgIpc) is 2.70. The summed E-state index contributed by atoms with van der Waals surface area (Å²) in [4.78, 5) is 28.1. The van der Waals surface area contributed by atoms with Gasteiger partial charge in [0.2, 0.25) is 0 Å². The number of hydrogen-bond acceptors (Lipinski definition) is 5. The molecule has 0 saturated carbocycles. The Bertz CT molecular complexity index is 1120. The molecule has 0 aliphatic heterocycles. The number of aryl methyl sites for hydroxylation is 2. The minimum absolute atomic E-state index is 0.136. The number of para-hydroxylation sites is 1. The second-order valence-corrected chi connectivity index (χ2v) is 6.50. The van der Waals surface area contributed by atoms with Crippen LogP contribution in [0.3, 0.4) is 0 Å². The molecular formula is C23H21NO5. The van der Waals surface area contributed by atoms with Crippen molar-refractivity contribution in [3.05, 3.63) is 70.9 Å². The molecule has 0 atom stereocenters. The van der Waals surface area contributed by atoms with E-state index in [0.717, 1.165) is 22.0 Å². The molecule has 0 radical (unpaired) electrons. The maximum absolute atomic E-state index is 12.9. The summed E-state index contributed by atoms with van der Waals surface area (Å²) in [6.45, 7) is 3.30. The number of carboxylic acid groups (broad SMARTS) is 1. The third-order valence-corrected chi connectivity index (χ3v) is 4.55. The van der Waals surface area contributed by atoms with E-state index in [-0.39, 0.29) is 5.78 Å². The third-order valence-electron chi connectivity index (χ3n) is 4.55. The van der Waals surface area contributed by atoms with Crippen molar-refractivity contribution in [2.45, 2.75) is 13.8 Å². The Kier molecular flexibility index (Phi) is 5.93. The maximum Gasteiger partial charge on any atom is 0.341 e. The molecule has 1 heterocycles. The largest absolute Gasteiger partial charge is 0.493 e. The second-order valence-electron chi connectivity index (χ2n) is 6.50. The van der Waals surface area contributed by atoms with Gasteiger partial charge in [-0.05, 0) is 49.2 Å². The number of ether oxygens (including phenoxy) is 2. The van der Waals surface area contributed by atoms with Crippen LogP contribution < -0.4 is 9.47 Å². The molecule has 148 valence electrons. The lowest BCUT2D eigenvalue weighted by molar-refractivity contribution is -0.139. The van der Waals surface area contributed by atoms with Gasteiger partial charge in [0.05, 0.1) is 12.6 Å². The minimum Gasteiger partial charge on any atom is -0.493 e. The summed E-state index contributed by atoms with van der Waals surface area (Å²) >= 11 is 0. The summed E-state index contributed by atoms with van der Waals surface area (Å²) in [5.41, 5.74) is 3.77. The Morgan fingerprint density at radius 2 is 1.86 bits per heavy atom. The first-order valence-corrected chi connectivity index (χ1v) is 9.01. The van der Waals surface area contributed by atoms with E-state index in [2.05, 4.69) is 4.98 Å². The van der Waals surface area contributed by atoms with E-state index in [0.29, 0.717) is 22.8 Å². The molecule has 1 aromatic heterocycles. The van der Waals surface area contributed by atoms with Crippen molar-refractivity contribution in [1.82, 2.24) is 4.98 Å². The van der Waals surface area contributed by atoms with Crippen LogP contribution in [0.4, 0.5) is 0 Å². The van der Waals surface area contributed by atoms with Gasteiger partial charge in [0.25, 0.3) is 0 Å². The van der Waals surface area contributed by atoms with Crippen molar-refractivity contribution >= 4 is 28.7 Å². The molecule has 3 aromatic rings. The van der Waals surface area contributed by atoms with Gasteiger partial charge in [-0.25, -0.2) is 4.79 Å². The van der Waals surface area contributed by atoms with Crippen molar-refractivity contribution in [3.8, 4) is 11.5 Å². The Hall–Kier alpha value is -3.67. The molecule has 6 heteroatoms. The van der Waals surface area contributed by atoms with E-state index in [1.165, 1.54) is 13.2 Å². The minimum atomic E-state index is -1.07. The van der Waals surface area contributed by atoms with Crippen molar-refractivity contribution in [2.75, 3.05) is 13.7 Å². The number of rotatable bonds is 7. The number of ketones is 1. The van der Waals surface area contributed by atoms with Crippen LogP contribution in [-0.4, -0.2) is 35.6 Å². The number of aromatic nitrogens is 1. The van der Waals surface area contributed by atoms with E-state index >= 15 is 0 Å². The molecule has 2 aromatic carbocycles. The van der Waals surface area contributed by atoms with Crippen LogP contribution >= 0.6 is 0 Å². The lowest BCUT2D eigenvalue weighted by Gasteiger charge is -2.10. The van der Waals surface area contributed by atoms with Crippen LogP contribution in [0.1, 0.15) is 27.2 Å². The second kappa shape index (κ2) is 8.56. The SMILES string of the molecule is COc1cc(/C=C/C(=O)c2c(C)nc3ccccc3c2C)ccc1OCC(=O)O. The van der Waals surface area contributed by atoms with Crippen LogP contribution in [0.25, 0.3) is 17.0 Å². The molecule has 6 nitrogen and oxygen atoms in total. The van der Waals surface area contributed by atoms with Crippen molar-refractivity contribution in [1.29, 1.82) is 0 Å². The van der Waals surface area contributed by atoms with E-state index in [1.54, 1.807) is 24.3 Å². The van der Waals surface area contributed by atoms with Gasteiger partial charge in [-0.3, -0.25) is 9.78 Å². The Labute approximate surface area is 168 Å². The predicted molar refractivity (Wildman–Crippen MR) is 111 cm³/mol. The van der Waals surface area contributed by atoms with Gasteiger partial charge >= 0.3 is 5.97 Å². The summed E-state index contributed by atoms with van der Waals surface area (Å²) < 4.78 is 10.4. The fourth-order valence-corrected chi connectivity index (χ4v) is 3.20. The van der Waals surface area contributed by atoms with Gasteiger partial charge < -0.3 is 14.6 Å². The standard InChI is InChI=1S/C23H21NO5/c1-14-17-6-4-5-7-18(17)24-15(2)23(14)19(25)10-8-16-9-11-20(21(12-16)28-3)29-13-22(26)27/h4-12H,13H2,1-3H3,(H,26,27)/b10-8+. The summed E-state index contributed by atoms with van der Waals surface area (Å²) in [5, 5.41) is 9.69. The highest BCUT2D eigenvalue weighted by Crippen LogP contribution is 2.29. The van der Waals surface area contributed by atoms with E-state index in [4.69, 9.17) is 14.6 Å². The van der Waals surface area contributed by atoms with Crippen molar-refractivity contribution in [2.24, 2.45) is 0 Å². The molecule has 1 N–H and O–H groups in total. The number of nitrogens with zero attached hydrogens (tertiary/aromatic N) is 1. The highest BCUT2D eigenvalue weighted by molar-refractivity contribution is 6.10. The van der Waals surface area contributed by atoms with Gasteiger partial charge in [-0.1, -0.05) is 30.3 Å². The summed E-state index contributed by atoms with van der Waals surface area (Å²) in [7, 11) is 1.47. The summed E-state index contributed by atoms with van der Waals surface area (Å²) in [6, 6.07) is 12.8. The number of aliphatic carboxylic acids is 1. The number of methoxy groups -OCH3 is 1. The Morgan fingerprint density at radius 1 is 1.10 bits per heavy atom. The molecular weight excluding hydrogens is 370 g/mol. The van der Waals surface area contributed by atoms with Gasteiger partial charge in [-0.15, -0.1) is 0 Å². The van der Waals surface area contributed by atoms with Crippen molar-refractivity contribution in [3.63, 3.8) is 0 Å². The highest BCUT2D eigenvalue weighted by Gasteiger charge is 2.14. The lowest BCUT2D eigenvalue weighted by Crippen LogP contribution is -2.10.